The van der Waals surface area contributed by atoms with E-state index in [0.29, 0.717) is 5.56 Å². The molecule has 0 aliphatic heterocycles. The molecule has 0 aliphatic carbocycles. The van der Waals surface area contributed by atoms with Crippen LogP contribution in [0.3, 0.4) is 0 Å². The van der Waals surface area contributed by atoms with Crippen LogP contribution in [0, 0.1) is 16.2 Å². The maximum absolute atomic E-state index is 9.05. The van der Waals surface area contributed by atoms with Gasteiger partial charge in [-0.1, -0.05) is 64.5 Å². The van der Waals surface area contributed by atoms with Crippen molar-refractivity contribution < 1.29 is 0 Å². The summed E-state index contributed by atoms with van der Waals surface area (Å²) in [6.07, 6.45) is 0.805. The lowest BCUT2D eigenvalue weighted by molar-refractivity contribution is 1.13. The molecular formula is C15H11BrN. The first-order chi connectivity index (χ1) is 8.31. The lowest BCUT2D eigenvalue weighted by Gasteiger charge is -2.10. The van der Waals surface area contributed by atoms with Crippen LogP contribution >= 0.6 is 15.9 Å². The predicted molar refractivity (Wildman–Crippen MR) is 72.6 cm³/mol. The van der Waals surface area contributed by atoms with Crippen molar-refractivity contribution in [2.75, 3.05) is 0 Å². The number of hydrogen-bond acceptors (Lipinski definition) is 1. The van der Waals surface area contributed by atoms with Crippen LogP contribution < -0.4 is 0 Å². The van der Waals surface area contributed by atoms with Crippen molar-refractivity contribution in [3.63, 3.8) is 0 Å². The van der Waals surface area contributed by atoms with E-state index >= 15 is 0 Å². The Bertz CT molecular complexity index is 528. The van der Waals surface area contributed by atoms with Crippen molar-refractivity contribution in [1.29, 1.82) is 5.26 Å². The number of rotatable bonds is 3. The van der Waals surface area contributed by atoms with Gasteiger partial charge >= 0.3 is 0 Å². The lowest BCUT2D eigenvalue weighted by Crippen LogP contribution is -1.98. The van der Waals surface area contributed by atoms with Gasteiger partial charge in [-0.2, -0.15) is 5.26 Å². The Labute approximate surface area is 110 Å². The first-order valence-electron chi connectivity index (χ1n) is 5.36. The summed E-state index contributed by atoms with van der Waals surface area (Å²) in [4.78, 5) is 1.04. The minimum Gasteiger partial charge on any atom is -0.192 e. The molecule has 0 atom stereocenters. The van der Waals surface area contributed by atoms with Crippen molar-refractivity contribution in [3.8, 4) is 6.07 Å². The first-order valence-corrected chi connectivity index (χ1v) is 6.15. The van der Waals surface area contributed by atoms with Gasteiger partial charge in [0, 0.05) is 0 Å². The minimum atomic E-state index is 0.704. The Balaban J connectivity index is 2.21. The van der Waals surface area contributed by atoms with Crippen LogP contribution in [0.2, 0.25) is 0 Å². The van der Waals surface area contributed by atoms with E-state index in [2.05, 4.69) is 34.1 Å². The highest BCUT2D eigenvalue weighted by molar-refractivity contribution is 9.11. The molecule has 0 amide bonds. The second-order valence-corrected chi connectivity index (χ2v) is 4.68. The number of nitriles is 1. The number of hydrogen-bond donors (Lipinski definition) is 0. The number of halogens is 1. The van der Waals surface area contributed by atoms with Gasteiger partial charge in [-0.25, -0.2) is 0 Å². The summed E-state index contributed by atoms with van der Waals surface area (Å²) < 4.78 is 0. The number of nitrogens with zero attached hydrogens (tertiary/aromatic N) is 1. The Kier molecular flexibility index (Phi) is 3.95. The van der Waals surface area contributed by atoms with Gasteiger partial charge in [-0.3, -0.25) is 0 Å². The maximum Gasteiger partial charge on any atom is 0.0995 e. The van der Waals surface area contributed by atoms with Gasteiger partial charge in [-0.05, 0) is 23.6 Å². The Morgan fingerprint density at radius 3 is 2.35 bits per heavy atom. The monoisotopic (exact) mass is 284 g/mol. The molecule has 2 aromatic carbocycles. The van der Waals surface area contributed by atoms with E-state index in [1.54, 1.807) is 0 Å². The van der Waals surface area contributed by atoms with Gasteiger partial charge < -0.3 is 0 Å². The molecule has 83 valence electrons. The average Bonchev–Trinajstić information content (AvgIpc) is 2.40. The standard InChI is InChI=1S/C15H11BrN/c16-15(10-12-6-2-1-3-7-12)14-9-5-4-8-13(14)11-17/h1-9H,10H2. The third-order valence-electron chi connectivity index (χ3n) is 2.54. The van der Waals surface area contributed by atoms with Crippen LogP contribution in [0.5, 0.6) is 0 Å². The molecule has 17 heavy (non-hydrogen) atoms. The molecule has 2 rings (SSSR count). The van der Waals surface area contributed by atoms with E-state index < -0.39 is 0 Å². The normalized spacial score (nSPS) is 10.2. The predicted octanol–water partition coefficient (Wildman–Crippen LogP) is 4.08. The molecule has 1 nitrogen and oxygen atoms in total. The molecule has 0 saturated heterocycles. The highest BCUT2D eigenvalue weighted by Gasteiger charge is 2.12. The molecule has 0 N–H and O–H groups in total. The Hall–Kier alpha value is -1.59. The molecule has 2 heteroatoms. The van der Waals surface area contributed by atoms with Crippen molar-refractivity contribution in [1.82, 2.24) is 0 Å². The van der Waals surface area contributed by atoms with Gasteiger partial charge in [0.2, 0.25) is 0 Å². The summed E-state index contributed by atoms with van der Waals surface area (Å²) in [5.74, 6) is 0. The fourth-order valence-electron chi connectivity index (χ4n) is 1.69. The van der Waals surface area contributed by atoms with Gasteiger partial charge in [0.25, 0.3) is 0 Å². The minimum absolute atomic E-state index is 0.704. The van der Waals surface area contributed by atoms with E-state index in [-0.39, 0.29) is 0 Å². The van der Waals surface area contributed by atoms with Crippen LogP contribution in [-0.4, -0.2) is 0 Å². The summed E-state index contributed by atoms with van der Waals surface area (Å²) >= 11 is 3.58. The summed E-state index contributed by atoms with van der Waals surface area (Å²) in [6, 6.07) is 20.0. The van der Waals surface area contributed by atoms with Crippen LogP contribution in [0.15, 0.2) is 54.6 Å². The molecule has 0 bridgehead atoms. The van der Waals surface area contributed by atoms with Crippen molar-refractivity contribution in [3.05, 3.63) is 76.1 Å². The fourth-order valence-corrected chi connectivity index (χ4v) is 2.36. The molecule has 0 unspecified atom stereocenters. The quantitative estimate of drug-likeness (QED) is 0.833. The molecule has 2 aromatic rings. The zero-order valence-electron chi connectivity index (χ0n) is 9.23. The van der Waals surface area contributed by atoms with Gasteiger partial charge in [0.15, 0.2) is 0 Å². The van der Waals surface area contributed by atoms with E-state index in [4.69, 9.17) is 5.26 Å². The molecule has 0 aliphatic rings. The summed E-state index contributed by atoms with van der Waals surface area (Å²) in [7, 11) is 0. The smallest absolute Gasteiger partial charge is 0.0995 e. The zero-order chi connectivity index (χ0) is 12.1. The average molecular weight is 285 g/mol. The topological polar surface area (TPSA) is 23.8 Å². The second kappa shape index (κ2) is 5.65. The molecule has 0 aromatic heterocycles. The highest BCUT2D eigenvalue weighted by Crippen LogP contribution is 2.28. The molecule has 0 fully saturated rings. The van der Waals surface area contributed by atoms with E-state index in [9.17, 15) is 0 Å². The van der Waals surface area contributed by atoms with E-state index in [1.807, 2.05) is 42.5 Å². The molecule has 0 heterocycles. The molecule has 0 spiro atoms. The summed E-state index contributed by atoms with van der Waals surface area (Å²) in [6.45, 7) is 0. The third kappa shape index (κ3) is 2.95. The van der Waals surface area contributed by atoms with Gasteiger partial charge in [0.05, 0.1) is 16.5 Å². The van der Waals surface area contributed by atoms with Crippen molar-refractivity contribution >= 4 is 15.9 Å². The Morgan fingerprint density at radius 2 is 1.65 bits per heavy atom. The van der Waals surface area contributed by atoms with Crippen LogP contribution in [0.25, 0.3) is 0 Å². The highest BCUT2D eigenvalue weighted by atomic mass is 79.9. The molecular weight excluding hydrogens is 274 g/mol. The van der Waals surface area contributed by atoms with E-state index in [1.165, 1.54) is 5.56 Å². The van der Waals surface area contributed by atoms with Crippen LogP contribution in [-0.2, 0) is 6.42 Å². The van der Waals surface area contributed by atoms with E-state index in [0.717, 1.165) is 16.8 Å². The van der Waals surface area contributed by atoms with Crippen LogP contribution in [0.4, 0.5) is 0 Å². The number of benzene rings is 2. The van der Waals surface area contributed by atoms with Crippen molar-refractivity contribution in [2.45, 2.75) is 6.42 Å². The van der Waals surface area contributed by atoms with Gasteiger partial charge in [0.1, 0.15) is 0 Å². The zero-order valence-corrected chi connectivity index (χ0v) is 10.8. The fraction of sp³-hybridized carbons (Fsp3) is 0.0667. The summed E-state index contributed by atoms with van der Waals surface area (Å²) in [5.41, 5.74) is 2.90. The molecule has 0 saturated carbocycles. The van der Waals surface area contributed by atoms with Crippen molar-refractivity contribution in [2.24, 2.45) is 0 Å². The van der Waals surface area contributed by atoms with Crippen LogP contribution in [0.1, 0.15) is 16.7 Å². The first kappa shape index (κ1) is 11.9. The van der Waals surface area contributed by atoms with Gasteiger partial charge in [-0.15, -0.1) is 0 Å². The maximum atomic E-state index is 9.05. The largest absolute Gasteiger partial charge is 0.192 e. The molecule has 1 radical (unpaired) electrons. The SMILES string of the molecule is N#Cc1ccccc1[C](Br)Cc1ccccc1. The lowest BCUT2D eigenvalue weighted by atomic mass is 10.0. The second-order valence-electron chi connectivity index (χ2n) is 3.72. The third-order valence-corrected chi connectivity index (χ3v) is 3.25. The summed E-state index contributed by atoms with van der Waals surface area (Å²) in [5, 5.41) is 9.05. The Morgan fingerprint density at radius 1 is 1.00 bits per heavy atom.